The van der Waals surface area contributed by atoms with E-state index in [4.69, 9.17) is 4.52 Å². The van der Waals surface area contributed by atoms with Crippen molar-refractivity contribution in [3.8, 4) is 0 Å². The number of aromatic nitrogens is 1. The van der Waals surface area contributed by atoms with Gasteiger partial charge in [0, 0.05) is 50.6 Å². The van der Waals surface area contributed by atoms with E-state index in [9.17, 15) is 14.4 Å². The summed E-state index contributed by atoms with van der Waals surface area (Å²) in [6.07, 6.45) is 8.64. The maximum absolute atomic E-state index is 14.0. The summed E-state index contributed by atoms with van der Waals surface area (Å²) in [6.45, 7) is 7.59. The van der Waals surface area contributed by atoms with E-state index in [1.807, 2.05) is 29.0 Å². The molecular weight excluding hydrogens is 554 g/mol. The van der Waals surface area contributed by atoms with E-state index < -0.39 is 0 Å². The second kappa shape index (κ2) is 11.1. The number of urea groups is 1. The average Bonchev–Trinajstić information content (AvgIpc) is 3.89. The molecule has 1 aromatic carbocycles. The number of fused-ring (bicyclic) bond motifs is 6. The second-order valence-electron chi connectivity index (χ2n) is 14.9. The van der Waals surface area contributed by atoms with Gasteiger partial charge in [-0.05, 0) is 99.8 Å². The van der Waals surface area contributed by atoms with E-state index in [1.54, 1.807) is 4.90 Å². The molecule has 6 fully saturated rings. The smallest absolute Gasteiger partial charge is 0.320 e. The third-order valence-electron chi connectivity index (χ3n) is 12.8. The van der Waals surface area contributed by atoms with Gasteiger partial charge >= 0.3 is 6.03 Å². The van der Waals surface area contributed by atoms with Crippen LogP contribution in [0.5, 0.6) is 0 Å². The SMILES string of the molecule is CC1C2CC(C3C(=O)N(C[C@H]4CCC[C@@H]4CN4CCC(c5noc6ccccc56)CC4)C(=O)C23)C1N(C)C(=O)N1CCCC1. The summed E-state index contributed by atoms with van der Waals surface area (Å²) in [5, 5.41) is 5.57. The molecule has 3 aliphatic heterocycles. The number of carbonyl (C=O) groups excluding carboxylic acids is 3. The predicted octanol–water partition coefficient (Wildman–Crippen LogP) is 4.83. The third-order valence-corrected chi connectivity index (χ3v) is 12.8. The molecule has 9 heteroatoms. The van der Waals surface area contributed by atoms with Crippen molar-refractivity contribution in [2.24, 2.45) is 41.4 Å². The molecule has 44 heavy (non-hydrogen) atoms. The first-order chi connectivity index (χ1) is 21.4. The molecular formula is C35H47N5O4. The molecule has 4 heterocycles. The molecule has 8 rings (SSSR count). The molecule has 4 amide bonds. The first kappa shape index (κ1) is 28.5. The van der Waals surface area contributed by atoms with Crippen molar-refractivity contribution >= 4 is 28.8 Å². The van der Waals surface area contributed by atoms with Crippen LogP contribution in [-0.4, -0.2) is 95.0 Å². The topological polar surface area (TPSA) is 90.2 Å². The van der Waals surface area contributed by atoms with Crippen LogP contribution >= 0.6 is 0 Å². The molecule has 236 valence electrons. The van der Waals surface area contributed by atoms with Crippen LogP contribution in [0.2, 0.25) is 0 Å². The minimum absolute atomic E-state index is 0.0449. The highest BCUT2D eigenvalue weighted by atomic mass is 16.5. The third kappa shape index (κ3) is 4.51. The Morgan fingerprint density at radius 1 is 0.909 bits per heavy atom. The fraction of sp³-hybridized carbons (Fsp3) is 0.714. The molecule has 6 unspecified atom stereocenters. The van der Waals surface area contributed by atoms with Gasteiger partial charge in [-0.1, -0.05) is 30.6 Å². The highest BCUT2D eigenvalue weighted by Crippen LogP contribution is 2.60. The molecule has 0 radical (unpaired) electrons. The lowest BCUT2D eigenvalue weighted by Gasteiger charge is -2.40. The summed E-state index contributed by atoms with van der Waals surface area (Å²) < 4.78 is 5.59. The molecule has 6 aliphatic rings. The minimum Gasteiger partial charge on any atom is -0.356 e. The van der Waals surface area contributed by atoms with Gasteiger partial charge in [0.15, 0.2) is 5.58 Å². The number of hydrogen-bond acceptors (Lipinski definition) is 6. The van der Waals surface area contributed by atoms with Crippen molar-refractivity contribution in [3.05, 3.63) is 30.0 Å². The van der Waals surface area contributed by atoms with E-state index in [-0.39, 0.29) is 53.5 Å². The molecule has 1 aromatic heterocycles. The highest BCUT2D eigenvalue weighted by molar-refractivity contribution is 6.06. The summed E-state index contributed by atoms with van der Waals surface area (Å²) in [5.41, 5.74) is 1.97. The molecule has 3 saturated heterocycles. The van der Waals surface area contributed by atoms with Gasteiger partial charge in [-0.25, -0.2) is 4.79 Å². The Kier molecular flexibility index (Phi) is 7.22. The number of benzene rings is 1. The first-order valence-electron chi connectivity index (χ1n) is 17.3. The molecule has 0 N–H and O–H groups in total. The van der Waals surface area contributed by atoms with Gasteiger partial charge in [-0.3, -0.25) is 14.5 Å². The van der Waals surface area contributed by atoms with Crippen molar-refractivity contribution in [2.75, 3.05) is 46.3 Å². The lowest BCUT2D eigenvalue weighted by molar-refractivity contribution is -0.141. The molecule has 2 bridgehead atoms. The van der Waals surface area contributed by atoms with E-state index in [0.717, 1.165) is 87.9 Å². The zero-order valence-electron chi connectivity index (χ0n) is 26.3. The van der Waals surface area contributed by atoms with Gasteiger partial charge in [-0.2, -0.15) is 0 Å². The fourth-order valence-corrected chi connectivity index (χ4v) is 10.6. The van der Waals surface area contributed by atoms with Crippen LogP contribution < -0.4 is 0 Å². The summed E-state index contributed by atoms with van der Waals surface area (Å²) in [6, 6.07) is 8.30. The van der Waals surface area contributed by atoms with Gasteiger partial charge in [0.25, 0.3) is 0 Å². The Balaban J connectivity index is 0.897. The summed E-state index contributed by atoms with van der Waals surface area (Å²) in [7, 11) is 1.93. The van der Waals surface area contributed by atoms with Crippen molar-refractivity contribution in [3.63, 3.8) is 0 Å². The summed E-state index contributed by atoms with van der Waals surface area (Å²) in [5.74, 6) is 1.59. The van der Waals surface area contributed by atoms with E-state index in [2.05, 4.69) is 29.1 Å². The molecule has 8 atom stereocenters. The van der Waals surface area contributed by atoms with E-state index in [0.29, 0.717) is 24.3 Å². The Morgan fingerprint density at radius 3 is 2.34 bits per heavy atom. The zero-order valence-corrected chi connectivity index (χ0v) is 26.3. The van der Waals surface area contributed by atoms with Crippen LogP contribution in [-0.2, 0) is 9.59 Å². The van der Waals surface area contributed by atoms with Gasteiger partial charge in [0.2, 0.25) is 11.8 Å². The van der Waals surface area contributed by atoms with Gasteiger partial charge < -0.3 is 19.2 Å². The maximum atomic E-state index is 14.0. The average molecular weight is 602 g/mol. The van der Waals surface area contributed by atoms with Crippen LogP contribution in [0, 0.1) is 41.4 Å². The van der Waals surface area contributed by atoms with Crippen LogP contribution in [0.4, 0.5) is 4.79 Å². The number of carbonyl (C=O) groups is 3. The summed E-state index contributed by atoms with van der Waals surface area (Å²) in [4.78, 5) is 49.3. The number of hydrogen-bond donors (Lipinski definition) is 0. The van der Waals surface area contributed by atoms with Crippen LogP contribution in [0.1, 0.15) is 69.9 Å². The minimum atomic E-state index is -0.242. The van der Waals surface area contributed by atoms with E-state index >= 15 is 0 Å². The van der Waals surface area contributed by atoms with Gasteiger partial charge in [0.1, 0.15) is 0 Å². The number of nitrogens with zero attached hydrogens (tertiary/aromatic N) is 5. The first-order valence-corrected chi connectivity index (χ1v) is 17.3. The fourth-order valence-electron chi connectivity index (χ4n) is 10.6. The van der Waals surface area contributed by atoms with Gasteiger partial charge in [-0.15, -0.1) is 0 Å². The number of rotatable bonds is 6. The zero-order chi connectivity index (χ0) is 30.1. The maximum Gasteiger partial charge on any atom is 0.320 e. The van der Waals surface area contributed by atoms with E-state index in [1.165, 1.54) is 12.8 Å². The lowest BCUT2D eigenvalue weighted by atomic mass is 9.72. The lowest BCUT2D eigenvalue weighted by Crippen LogP contribution is -2.52. The van der Waals surface area contributed by atoms with Crippen molar-refractivity contribution in [1.82, 2.24) is 24.8 Å². The van der Waals surface area contributed by atoms with Crippen molar-refractivity contribution in [2.45, 2.75) is 70.3 Å². The summed E-state index contributed by atoms with van der Waals surface area (Å²) >= 11 is 0. The second-order valence-corrected chi connectivity index (χ2v) is 14.9. The predicted molar refractivity (Wildman–Crippen MR) is 165 cm³/mol. The Bertz CT molecular complexity index is 1430. The van der Waals surface area contributed by atoms with Gasteiger partial charge in [0.05, 0.1) is 17.5 Å². The number of para-hydroxylation sites is 1. The van der Waals surface area contributed by atoms with Crippen molar-refractivity contribution in [1.29, 1.82) is 0 Å². The van der Waals surface area contributed by atoms with Crippen LogP contribution in [0.25, 0.3) is 11.0 Å². The Hall–Kier alpha value is -2.94. The Morgan fingerprint density at radius 2 is 1.59 bits per heavy atom. The number of imide groups is 1. The quantitative estimate of drug-likeness (QED) is 0.441. The standard InChI is InChI=1S/C35H47N5O4/c1-21-26-18-27(32(21)37(2)35(43)39-14-5-6-15-39)30-29(26)33(41)40(34(30)42)20-24-9-7-8-23(24)19-38-16-12-22(13-17-38)31-25-10-3-4-11-28(25)44-36-31/h3-4,10-11,21-24,26-27,29-30,32H,5-9,12-20H2,1-2H3/t21?,23-,24-,26?,27?,29?,30?,32?/m1/s1. The normalized spacial score (nSPS) is 35.9. The Labute approximate surface area is 260 Å². The van der Waals surface area contributed by atoms with Crippen LogP contribution in [0.15, 0.2) is 28.8 Å². The number of likely N-dealkylation sites (tertiary alicyclic amines) is 3. The largest absolute Gasteiger partial charge is 0.356 e. The molecule has 3 saturated carbocycles. The highest BCUT2D eigenvalue weighted by Gasteiger charge is 2.67. The molecule has 2 aromatic rings. The van der Waals surface area contributed by atoms with Crippen LogP contribution in [0.3, 0.4) is 0 Å². The monoisotopic (exact) mass is 601 g/mol. The molecule has 0 spiro atoms. The molecule has 3 aliphatic carbocycles. The van der Waals surface area contributed by atoms with Crippen molar-refractivity contribution < 1.29 is 18.9 Å². The number of amides is 4. The number of piperidine rings is 1. The molecule has 9 nitrogen and oxygen atoms in total.